The highest BCUT2D eigenvalue weighted by atomic mass is 35.5. The first-order valence-corrected chi connectivity index (χ1v) is 7.33. The Bertz CT molecular complexity index is 530. The lowest BCUT2D eigenvalue weighted by atomic mass is 10.1. The normalized spacial score (nSPS) is 15.0. The molecule has 0 atom stereocenters. The van der Waals surface area contributed by atoms with Gasteiger partial charge in [0, 0.05) is 11.4 Å². The van der Waals surface area contributed by atoms with Gasteiger partial charge >= 0.3 is 5.97 Å². The minimum Gasteiger partial charge on any atom is -0.456 e. The zero-order chi connectivity index (χ0) is 15.2. The van der Waals surface area contributed by atoms with E-state index in [2.05, 4.69) is 5.32 Å². The molecule has 4 nitrogen and oxygen atoms in total. The fourth-order valence-electron chi connectivity index (χ4n) is 2.43. The molecule has 1 N–H and O–H groups in total. The molecule has 1 aromatic carbocycles. The summed E-state index contributed by atoms with van der Waals surface area (Å²) in [5.41, 5.74) is 0.0104. The first-order chi connectivity index (χ1) is 10.0. The summed E-state index contributed by atoms with van der Waals surface area (Å²) in [6.45, 7) is -0.409. The van der Waals surface area contributed by atoms with E-state index >= 15 is 0 Å². The summed E-state index contributed by atoms with van der Waals surface area (Å²) in [6, 6.07) is 3.92. The number of ether oxygens (including phenoxy) is 1. The van der Waals surface area contributed by atoms with Crippen LogP contribution in [0, 0.1) is 11.7 Å². The quantitative estimate of drug-likeness (QED) is 0.846. The van der Waals surface area contributed by atoms with Gasteiger partial charge in [-0.3, -0.25) is 9.59 Å². The fourth-order valence-corrected chi connectivity index (χ4v) is 2.59. The van der Waals surface area contributed by atoms with Gasteiger partial charge in [-0.1, -0.05) is 24.4 Å². The van der Waals surface area contributed by atoms with Crippen LogP contribution in [0.4, 0.5) is 10.1 Å². The molecule has 1 aromatic rings. The molecular formula is C15H17ClFNO3. The Hall–Kier alpha value is -1.62. The maximum absolute atomic E-state index is 13.5. The SMILES string of the molecule is O=C(COC(=O)CC1CCCC1)Nc1ccc(Cl)cc1F. The van der Waals surface area contributed by atoms with Gasteiger partial charge < -0.3 is 10.1 Å². The van der Waals surface area contributed by atoms with Crippen molar-refractivity contribution in [2.75, 3.05) is 11.9 Å². The molecular weight excluding hydrogens is 297 g/mol. The number of hydrogen-bond donors (Lipinski definition) is 1. The summed E-state index contributed by atoms with van der Waals surface area (Å²) in [7, 11) is 0. The van der Waals surface area contributed by atoms with Crippen molar-refractivity contribution in [3.8, 4) is 0 Å². The molecule has 21 heavy (non-hydrogen) atoms. The van der Waals surface area contributed by atoms with Crippen molar-refractivity contribution in [2.45, 2.75) is 32.1 Å². The number of halogens is 2. The lowest BCUT2D eigenvalue weighted by Gasteiger charge is -2.10. The number of carbonyl (C=O) groups excluding carboxylic acids is 2. The van der Waals surface area contributed by atoms with Crippen molar-refractivity contribution >= 4 is 29.2 Å². The van der Waals surface area contributed by atoms with Crippen LogP contribution in [0.3, 0.4) is 0 Å². The van der Waals surface area contributed by atoms with E-state index in [1.807, 2.05) is 0 Å². The second-order valence-electron chi connectivity index (χ2n) is 5.19. The minimum absolute atomic E-state index is 0.0104. The highest BCUT2D eigenvalue weighted by Gasteiger charge is 2.19. The Kier molecular flexibility index (Phi) is 5.56. The number of anilines is 1. The molecule has 0 radical (unpaired) electrons. The van der Waals surface area contributed by atoms with Crippen molar-refractivity contribution in [2.24, 2.45) is 5.92 Å². The van der Waals surface area contributed by atoms with Crippen LogP contribution in [0.2, 0.25) is 5.02 Å². The van der Waals surface area contributed by atoms with Gasteiger partial charge in [0.05, 0.1) is 5.69 Å². The van der Waals surface area contributed by atoms with Crippen LogP contribution in [0.1, 0.15) is 32.1 Å². The number of amides is 1. The summed E-state index contributed by atoms with van der Waals surface area (Å²) in [6.07, 6.45) is 4.72. The van der Waals surface area contributed by atoms with E-state index in [4.69, 9.17) is 16.3 Å². The largest absolute Gasteiger partial charge is 0.456 e. The molecule has 1 saturated carbocycles. The van der Waals surface area contributed by atoms with Crippen molar-refractivity contribution in [3.05, 3.63) is 29.0 Å². The predicted molar refractivity (Wildman–Crippen MR) is 77.6 cm³/mol. The third kappa shape index (κ3) is 5.01. The number of hydrogen-bond acceptors (Lipinski definition) is 3. The molecule has 0 aliphatic heterocycles. The summed E-state index contributed by atoms with van der Waals surface area (Å²) >= 11 is 5.62. The van der Waals surface area contributed by atoms with Gasteiger partial charge in [-0.15, -0.1) is 0 Å². The van der Waals surface area contributed by atoms with E-state index in [-0.39, 0.29) is 16.7 Å². The monoisotopic (exact) mass is 313 g/mol. The van der Waals surface area contributed by atoms with Gasteiger partial charge in [0.15, 0.2) is 6.61 Å². The van der Waals surface area contributed by atoms with Crippen LogP contribution < -0.4 is 5.32 Å². The molecule has 0 saturated heterocycles. The highest BCUT2D eigenvalue weighted by Crippen LogP contribution is 2.27. The number of benzene rings is 1. The van der Waals surface area contributed by atoms with Crippen molar-refractivity contribution in [1.29, 1.82) is 0 Å². The van der Waals surface area contributed by atoms with Gasteiger partial charge in [0.2, 0.25) is 0 Å². The van der Waals surface area contributed by atoms with Crippen LogP contribution in [0.5, 0.6) is 0 Å². The second-order valence-corrected chi connectivity index (χ2v) is 5.62. The molecule has 0 aromatic heterocycles. The van der Waals surface area contributed by atoms with E-state index in [9.17, 15) is 14.0 Å². The van der Waals surface area contributed by atoms with Gasteiger partial charge in [-0.2, -0.15) is 0 Å². The Balaban J connectivity index is 1.75. The van der Waals surface area contributed by atoms with Gasteiger partial charge in [0.1, 0.15) is 5.82 Å². The van der Waals surface area contributed by atoms with Crippen LogP contribution in [0.25, 0.3) is 0 Å². The maximum Gasteiger partial charge on any atom is 0.306 e. The Morgan fingerprint density at radius 2 is 2.05 bits per heavy atom. The lowest BCUT2D eigenvalue weighted by Crippen LogP contribution is -2.22. The summed E-state index contributed by atoms with van der Waals surface area (Å²) < 4.78 is 18.4. The maximum atomic E-state index is 13.5. The van der Waals surface area contributed by atoms with Gasteiger partial charge in [-0.05, 0) is 37.0 Å². The zero-order valence-electron chi connectivity index (χ0n) is 11.5. The average Bonchev–Trinajstić information content (AvgIpc) is 2.92. The molecule has 0 heterocycles. The van der Waals surface area contributed by atoms with E-state index < -0.39 is 18.3 Å². The van der Waals surface area contributed by atoms with Crippen LogP contribution in [-0.2, 0) is 14.3 Å². The van der Waals surface area contributed by atoms with Crippen LogP contribution >= 0.6 is 11.6 Å². The number of rotatable bonds is 5. The molecule has 1 fully saturated rings. The smallest absolute Gasteiger partial charge is 0.306 e. The minimum atomic E-state index is -0.631. The third-order valence-corrected chi connectivity index (χ3v) is 3.73. The molecule has 0 bridgehead atoms. The molecule has 1 aliphatic rings. The van der Waals surface area contributed by atoms with Crippen LogP contribution in [-0.4, -0.2) is 18.5 Å². The number of nitrogens with one attached hydrogen (secondary N) is 1. The molecule has 0 spiro atoms. The zero-order valence-corrected chi connectivity index (χ0v) is 12.3. The summed E-state index contributed by atoms with van der Waals surface area (Å²) in [5, 5.41) is 2.58. The van der Waals surface area contributed by atoms with Gasteiger partial charge in [0.25, 0.3) is 5.91 Å². The standard InChI is InChI=1S/C15H17ClFNO3/c16-11-5-6-13(12(17)8-11)18-14(19)9-21-15(20)7-10-3-1-2-4-10/h5-6,8,10H,1-4,7,9H2,(H,18,19). The van der Waals surface area contributed by atoms with Crippen LogP contribution in [0.15, 0.2) is 18.2 Å². The average molecular weight is 314 g/mol. The topological polar surface area (TPSA) is 55.4 Å². The first-order valence-electron chi connectivity index (χ1n) is 6.95. The molecule has 1 amide bonds. The Morgan fingerprint density at radius 3 is 2.71 bits per heavy atom. The lowest BCUT2D eigenvalue weighted by molar-refractivity contribution is -0.148. The Labute approximate surface area is 127 Å². The summed E-state index contributed by atoms with van der Waals surface area (Å²) in [4.78, 5) is 23.2. The van der Waals surface area contributed by atoms with Gasteiger partial charge in [-0.25, -0.2) is 4.39 Å². The molecule has 6 heteroatoms. The van der Waals surface area contributed by atoms with E-state index in [0.717, 1.165) is 31.7 Å². The van der Waals surface area contributed by atoms with Crippen molar-refractivity contribution < 1.29 is 18.7 Å². The van der Waals surface area contributed by atoms with E-state index in [1.54, 1.807) is 0 Å². The van der Waals surface area contributed by atoms with E-state index in [1.165, 1.54) is 12.1 Å². The van der Waals surface area contributed by atoms with Crippen molar-refractivity contribution in [3.63, 3.8) is 0 Å². The second kappa shape index (κ2) is 7.41. The Morgan fingerprint density at radius 1 is 1.33 bits per heavy atom. The molecule has 1 aliphatic carbocycles. The third-order valence-electron chi connectivity index (χ3n) is 3.50. The van der Waals surface area contributed by atoms with Crippen molar-refractivity contribution in [1.82, 2.24) is 0 Å². The molecule has 0 unspecified atom stereocenters. The predicted octanol–water partition coefficient (Wildman–Crippen LogP) is 3.54. The number of esters is 1. The van der Waals surface area contributed by atoms with E-state index in [0.29, 0.717) is 12.3 Å². The molecule has 114 valence electrons. The molecule has 2 rings (SSSR count). The summed E-state index contributed by atoms with van der Waals surface area (Å²) in [5.74, 6) is -1.22. The fraction of sp³-hybridized carbons (Fsp3) is 0.467. The first kappa shape index (κ1) is 15.8. The highest BCUT2D eigenvalue weighted by molar-refractivity contribution is 6.30. The number of carbonyl (C=O) groups is 2.